The molecule has 0 atom stereocenters. The summed E-state index contributed by atoms with van der Waals surface area (Å²) < 4.78 is 6.57. The molecule has 0 unspecified atom stereocenters. The lowest BCUT2D eigenvalue weighted by Crippen LogP contribution is -2.48. The zero-order valence-electron chi connectivity index (χ0n) is 8.29. The number of morpholine rings is 1. The van der Waals surface area contributed by atoms with Gasteiger partial charge in [-0.15, -0.1) is 11.3 Å². The van der Waals surface area contributed by atoms with Crippen LogP contribution in [0.4, 0.5) is 5.13 Å². The Morgan fingerprint density at radius 1 is 1.64 bits per heavy atom. The highest BCUT2D eigenvalue weighted by Crippen LogP contribution is 2.27. The number of nitrogens with zero attached hydrogens (tertiary/aromatic N) is 2. The van der Waals surface area contributed by atoms with E-state index in [1.807, 2.05) is 5.38 Å². The van der Waals surface area contributed by atoms with Crippen molar-refractivity contribution < 1.29 is 4.74 Å². The van der Waals surface area contributed by atoms with Gasteiger partial charge < -0.3 is 9.64 Å². The van der Waals surface area contributed by atoms with Crippen molar-refractivity contribution >= 4 is 32.4 Å². The average Bonchev–Trinajstić information content (AvgIpc) is 2.50. The summed E-state index contributed by atoms with van der Waals surface area (Å²) in [6.07, 6.45) is 0. The molecule has 1 fully saturated rings. The molecule has 1 aliphatic heterocycles. The highest BCUT2D eigenvalue weighted by molar-refractivity contribution is 9.10. The molecule has 0 amide bonds. The summed E-state index contributed by atoms with van der Waals surface area (Å²) >= 11 is 5.04. The number of hydrogen-bond donors (Lipinski definition) is 0. The molecule has 14 heavy (non-hydrogen) atoms. The van der Waals surface area contributed by atoms with E-state index in [2.05, 4.69) is 39.7 Å². The zero-order chi connectivity index (χ0) is 10.2. The minimum absolute atomic E-state index is 0.0591. The van der Waals surface area contributed by atoms with E-state index in [9.17, 15) is 0 Å². The Bertz CT molecular complexity index is 326. The highest BCUT2D eigenvalue weighted by atomic mass is 79.9. The highest BCUT2D eigenvalue weighted by Gasteiger charge is 2.28. The lowest BCUT2D eigenvalue weighted by atomic mass is 10.1. The molecule has 3 nitrogen and oxygen atoms in total. The van der Waals surface area contributed by atoms with Crippen LogP contribution in [0.25, 0.3) is 0 Å². The number of halogens is 1. The number of anilines is 1. The molecule has 1 saturated heterocycles. The normalized spacial score (nSPS) is 21.2. The molecule has 2 heterocycles. The molecular weight excluding hydrogens is 264 g/mol. The van der Waals surface area contributed by atoms with Gasteiger partial charge in [0.15, 0.2) is 5.13 Å². The van der Waals surface area contributed by atoms with E-state index in [-0.39, 0.29) is 5.60 Å². The third kappa shape index (κ3) is 2.27. The predicted octanol–water partition coefficient (Wildman–Crippen LogP) is 2.52. The average molecular weight is 277 g/mol. The molecule has 2 rings (SSSR count). The molecule has 0 radical (unpaired) electrons. The molecule has 0 aromatic carbocycles. The molecular formula is C9H13BrN2OS. The monoisotopic (exact) mass is 276 g/mol. The third-order valence-corrected chi connectivity index (χ3v) is 3.77. The number of aromatic nitrogens is 1. The van der Waals surface area contributed by atoms with Crippen LogP contribution in [0.15, 0.2) is 9.98 Å². The maximum absolute atomic E-state index is 5.65. The predicted molar refractivity (Wildman–Crippen MR) is 62.1 cm³/mol. The summed E-state index contributed by atoms with van der Waals surface area (Å²) in [6.45, 7) is 6.85. The first-order valence-corrected chi connectivity index (χ1v) is 6.24. The Labute approximate surface area is 96.2 Å². The fourth-order valence-corrected chi connectivity index (χ4v) is 2.85. The van der Waals surface area contributed by atoms with Gasteiger partial charge in [0.2, 0.25) is 0 Å². The van der Waals surface area contributed by atoms with Crippen molar-refractivity contribution in [3.8, 4) is 0 Å². The topological polar surface area (TPSA) is 25.4 Å². The second kappa shape index (κ2) is 3.79. The lowest BCUT2D eigenvalue weighted by Gasteiger charge is -2.37. The number of rotatable bonds is 1. The molecule has 0 N–H and O–H groups in total. The molecule has 1 aromatic rings. The molecule has 1 aliphatic rings. The summed E-state index contributed by atoms with van der Waals surface area (Å²) in [5.74, 6) is 0. The molecule has 0 bridgehead atoms. The fraction of sp³-hybridized carbons (Fsp3) is 0.667. The Kier molecular flexibility index (Phi) is 2.81. The fourth-order valence-electron chi connectivity index (χ4n) is 1.57. The molecule has 0 spiro atoms. The molecule has 5 heteroatoms. The van der Waals surface area contributed by atoms with Crippen molar-refractivity contribution in [2.75, 3.05) is 24.6 Å². The van der Waals surface area contributed by atoms with Crippen LogP contribution in [0, 0.1) is 0 Å². The van der Waals surface area contributed by atoms with Crippen LogP contribution >= 0.6 is 27.3 Å². The van der Waals surface area contributed by atoms with Gasteiger partial charge in [0.25, 0.3) is 0 Å². The minimum atomic E-state index is -0.0591. The third-order valence-electron chi connectivity index (χ3n) is 2.16. The first-order valence-electron chi connectivity index (χ1n) is 4.57. The summed E-state index contributed by atoms with van der Waals surface area (Å²) in [6, 6.07) is 0. The summed E-state index contributed by atoms with van der Waals surface area (Å²) in [7, 11) is 0. The Hall–Kier alpha value is -0.130. The largest absolute Gasteiger partial charge is 0.372 e. The van der Waals surface area contributed by atoms with E-state index < -0.39 is 0 Å². The maximum Gasteiger partial charge on any atom is 0.186 e. The summed E-state index contributed by atoms with van der Waals surface area (Å²) in [5, 5.41) is 3.09. The van der Waals surface area contributed by atoms with Crippen LogP contribution in [0.5, 0.6) is 0 Å². The molecule has 0 aliphatic carbocycles. The van der Waals surface area contributed by atoms with Gasteiger partial charge in [0.1, 0.15) is 4.60 Å². The van der Waals surface area contributed by atoms with E-state index >= 15 is 0 Å². The van der Waals surface area contributed by atoms with Crippen LogP contribution in [-0.2, 0) is 4.74 Å². The second-order valence-corrected chi connectivity index (χ2v) is 5.63. The van der Waals surface area contributed by atoms with Gasteiger partial charge in [-0.3, -0.25) is 0 Å². The molecule has 1 aromatic heterocycles. The Morgan fingerprint density at radius 2 is 2.43 bits per heavy atom. The van der Waals surface area contributed by atoms with Gasteiger partial charge in [0, 0.05) is 18.5 Å². The van der Waals surface area contributed by atoms with Crippen molar-refractivity contribution in [3.63, 3.8) is 0 Å². The van der Waals surface area contributed by atoms with E-state index in [0.717, 1.165) is 29.4 Å². The van der Waals surface area contributed by atoms with Gasteiger partial charge in [-0.05, 0) is 29.8 Å². The zero-order valence-corrected chi connectivity index (χ0v) is 10.7. The Balaban J connectivity index is 2.12. The summed E-state index contributed by atoms with van der Waals surface area (Å²) in [4.78, 5) is 6.68. The summed E-state index contributed by atoms with van der Waals surface area (Å²) in [5.41, 5.74) is -0.0591. The second-order valence-electron chi connectivity index (χ2n) is 3.98. The number of hydrogen-bond acceptors (Lipinski definition) is 4. The quantitative estimate of drug-likeness (QED) is 0.788. The Morgan fingerprint density at radius 3 is 3.00 bits per heavy atom. The van der Waals surface area contributed by atoms with Crippen molar-refractivity contribution in [3.05, 3.63) is 9.98 Å². The maximum atomic E-state index is 5.65. The van der Waals surface area contributed by atoms with Crippen LogP contribution < -0.4 is 4.90 Å². The SMILES string of the molecule is CC1(C)CN(c2nc(Br)cs2)CCO1. The van der Waals surface area contributed by atoms with Gasteiger partial charge in [-0.1, -0.05) is 0 Å². The standard InChI is InChI=1S/C9H13BrN2OS/c1-9(2)6-12(3-4-13-9)8-11-7(10)5-14-8/h5H,3-4,6H2,1-2H3. The van der Waals surface area contributed by atoms with Gasteiger partial charge >= 0.3 is 0 Å². The van der Waals surface area contributed by atoms with Gasteiger partial charge in [-0.2, -0.15) is 0 Å². The lowest BCUT2D eigenvalue weighted by molar-refractivity contribution is -0.0277. The van der Waals surface area contributed by atoms with Crippen molar-refractivity contribution in [2.24, 2.45) is 0 Å². The van der Waals surface area contributed by atoms with E-state index in [4.69, 9.17) is 4.74 Å². The van der Waals surface area contributed by atoms with Crippen molar-refractivity contribution in [1.29, 1.82) is 0 Å². The van der Waals surface area contributed by atoms with Crippen LogP contribution in [0.1, 0.15) is 13.8 Å². The van der Waals surface area contributed by atoms with E-state index in [1.54, 1.807) is 11.3 Å². The van der Waals surface area contributed by atoms with Crippen LogP contribution in [0.3, 0.4) is 0 Å². The first-order chi connectivity index (χ1) is 6.57. The number of ether oxygens (including phenoxy) is 1. The minimum Gasteiger partial charge on any atom is -0.372 e. The molecule has 78 valence electrons. The van der Waals surface area contributed by atoms with E-state index in [0.29, 0.717) is 0 Å². The van der Waals surface area contributed by atoms with Crippen LogP contribution in [0.2, 0.25) is 0 Å². The molecule has 0 saturated carbocycles. The number of thiazole rings is 1. The van der Waals surface area contributed by atoms with Crippen LogP contribution in [-0.4, -0.2) is 30.3 Å². The smallest absolute Gasteiger partial charge is 0.186 e. The van der Waals surface area contributed by atoms with Crippen molar-refractivity contribution in [1.82, 2.24) is 4.98 Å². The van der Waals surface area contributed by atoms with Gasteiger partial charge in [0.05, 0.1) is 12.2 Å². The van der Waals surface area contributed by atoms with Crippen molar-refractivity contribution in [2.45, 2.75) is 19.4 Å². The van der Waals surface area contributed by atoms with E-state index in [1.165, 1.54) is 0 Å². The van der Waals surface area contributed by atoms with Gasteiger partial charge in [-0.25, -0.2) is 4.98 Å². The first kappa shape index (κ1) is 10.4.